The smallest absolute Gasteiger partial charge is 0.0983 e. The van der Waals surface area contributed by atoms with Gasteiger partial charge in [-0.2, -0.15) is 0 Å². The highest BCUT2D eigenvalue weighted by Crippen LogP contribution is 2.56. The number of aliphatic hydroxyl groups is 3. The molecule has 0 aliphatic heterocycles. The lowest BCUT2D eigenvalue weighted by Crippen LogP contribution is -2.57. The van der Waals surface area contributed by atoms with Crippen molar-refractivity contribution in [1.82, 2.24) is 0 Å². The third-order valence-corrected chi connectivity index (χ3v) is 5.20. The van der Waals surface area contributed by atoms with Crippen LogP contribution in [-0.2, 0) is 0 Å². The molecule has 0 radical (unpaired) electrons. The SMILES string of the molecule is CC(C)C1=C(O)C2C(C)(O)CCC(O)C2(C)CC1. The minimum Gasteiger partial charge on any atom is -0.512 e. The summed E-state index contributed by atoms with van der Waals surface area (Å²) in [6.07, 6.45) is 2.39. The Hall–Kier alpha value is -0.540. The summed E-state index contributed by atoms with van der Waals surface area (Å²) in [5, 5.41) is 31.5. The van der Waals surface area contributed by atoms with Gasteiger partial charge in [0, 0.05) is 5.41 Å². The predicted molar refractivity (Wildman–Crippen MR) is 71.2 cm³/mol. The summed E-state index contributed by atoms with van der Waals surface area (Å²) >= 11 is 0. The number of fused-ring (bicyclic) bond motifs is 1. The van der Waals surface area contributed by atoms with Gasteiger partial charge in [-0.3, -0.25) is 0 Å². The van der Waals surface area contributed by atoms with E-state index in [2.05, 4.69) is 13.8 Å². The lowest BCUT2D eigenvalue weighted by molar-refractivity contribution is -0.154. The molecule has 1 fully saturated rings. The third-order valence-electron chi connectivity index (χ3n) is 5.20. The molecule has 4 atom stereocenters. The molecule has 0 amide bonds. The molecule has 3 N–H and O–H groups in total. The first-order chi connectivity index (χ1) is 8.20. The zero-order valence-electron chi connectivity index (χ0n) is 11.9. The summed E-state index contributed by atoms with van der Waals surface area (Å²) in [5.41, 5.74) is -0.269. The molecule has 0 aromatic carbocycles. The summed E-state index contributed by atoms with van der Waals surface area (Å²) in [5.74, 6) is 0.298. The van der Waals surface area contributed by atoms with Gasteiger partial charge >= 0.3 is 0 Å². The van der Waals surface area contributed by atoms with E-state index in [9.17, 15) is 15.3 Å². The van der Waals surface area contributed by atoms with E-state index in [-0.39, 0.29) is 5.92 Å². The van der Waals surface area contributed by atoms with Gasteiger partial charge in [0.2, 0.25) is 0 Å². The Morgan fingerprint density at radius 3 is 2.39 bits per heavy atom. The molecular weight excluding hydrogens is 228 g/mol. The first-order valence-electron chi connectivity index (χ1n) is 7.02. The Labute approximate surface area is 110 Å². The fourth-order valence-electron chi connectivity index (χ4n) is 4.03. The number of hydrogen-bond donors (Lipinski definition) is 3. The maximum atomic E-state index is 10.6. The Balaban J connectivity index is 2.49. The van der Waals surface area contributed by atoms with Crippen molar-refractivity contribution >= 4 is 0 Å². The van der Waals surface area contributed by atoms with Crippen molar-refractivity contribution in [2.75, 3.05) is 0 Å². The van der Waals surface area contributed by atoms with Crippen molar-refractivity contribution in [3.63, 3.8) is 0 Å². The van der Waals surface area contributed by atoms with Crippen LogP contribution in [0.1, 0.15) is 53.4 Å². The molecule has 2 aliphatic rings. The van der Waals surface area contributed by atoms with Crippen LogP contribution < -0.4 is 0 Å². The Bertz CT molecular complexity index is 370. The molecule has 0 spiro atoms. The van der Waals surface area contributed by atoms with Gasteiger partial charge in [0.25, 0.3) is 0 Å². The molecule has 0 heterocycles. The highest BCUT2D eigenvalue weighted by Gasteiger charge is 2.56. The second kappa shape index (κ2) is 4.24. The molecule has 3 nitrogen and oxygen atoms in total. The fourth-order valence-corrected chi connectivity index (χ4v) is 4.03. The van der Waals surface area contributed by atoms with Crippen LogP contribution in [0.5, 0.6) is 0 Å². The number of aliphatic hydroxyl groups excluding tert-OH is 2. The molecular formula is C15H26O3. The van der Waals surface area contributed by atoms with E-state index >= 15 is 0 Å². The summed E-state index contributed by atoms with van der Waals surface area (Å²) in [6.45, 7) is 7.94. The molecule has 2 aliphatic carbocycles. The van der Waals surface area contributed by atoms with Crippen LogP contribution in [0, 0.1) is 17.3 Å². The summed E-state index contributed by atoms with van der Waals surface area (Å²) in [4.78, 5) is 0. The van der Waals surface area contributed by atoms with Gasteiger partial charge in [0.1, 0.15) is 0 Å². The maximum absolute atomic E-state index is 10.6. The third kappa shape index (κ3) is 1.88. The van der Waals surface area contributed by atoms with Crippen molar-refractivity contribution in [2.45, 2.75) is 65.1 Å². The van der Waals surface area contributed by atoms with Gasteiger partial charge in [-0.05, 0) is 44.1 Å². The van der Waals surface area contributed by atoms with Gasteiger partial charge < -0.3 is 15.3 Å². The fraction of sp³-hybridized carbons (Fsp3) is 0.867. The van der Waals surface area contributed by atoms with Crippen molar-refractivity contribution in [3.05, 3.63) is 11.3 Å². The zero-order valence-corrected chi connectivity index (χ0v) is 11.9. The summed E-state index contributed by atoms with van der Waals surface area (Å²) in [7, 11) is 0. The zero-order chi connectivity index (χ0) is 13.7. The van der Waals surface area contributed by atoms with E-state index in [0.717, 1.165) is 18.4 Å². The van der Waals surface area contributed by atoms with Crippen molar-refractivity contribution < 1.29 is 15.3 Å². The molecule has 1 saturated carbocycles. The molecule has 0 bridgehead atoms. The van der Waals surface area contributed by atoms with E-state index in [0.29, 0.717) is 24.5 Å². The van der Waals surface area contributed by atoms with Gasteiger partial charge in [-0.25, -0.2) is 0 Å². The van der Waals surface area contributed by atoms with E-state index < -0.39 is 17.1 Å². The number of allylic oxidation sites excluding steroid dienone is 1. The minimum atomic E-state index is -0.918. The van der Waals surface area contributed by atoms with Crippen LogP contribution in [0.3, 0.4) is 0 Å². The molecule has 0 aromatic rings. The first kappa shape index (κ1) is 13.9. The summed E-state index contributed by atoms with van der Waals surface area (Å²) in [6, 6.07) is 0. The number of hydrogen-bond acceptors (Lipinski definition) is 3. The monoisotopic (exact) mass is 254 g/mol. The van der Waals surface area contributed by atoms with Crippen LogP contribution in [0.15, 0.2) is 11.3 Å². The Kier molecular flexibility index (Phi) is 3.27. The van der Waals surface area contributed by atoms with Crippen molar-refractivity contribution in [1.29, 1.82) is 0 Å². The van der Waals surface area contributed by atoms with Crippen LogP contribution in [0.25, 0.3) is 0 Å². The van der Waals surface area contributed by atoms with Gasteiger partial charge in [-0.1, -0.05) is 20.8 Å². The van der Waals surface area contributed by atoms with E-state index in [4.69, 9.17) is 0 Å². The van der Waals surface area contributed by atoms with Crippen molar-refractivity contribution in [2.24, 2.45) is 17.3 Å². The van der Waals surface area contributed by atoms with Crippen LogP contribution in [-0.4, -0.2) is 27.0 Å². The molecule has 18 heavy (non-hydrogen) atoms. The topological polar surface area (TPSA) is 60.7 Å². The van der Waals surface area contributed by atoms with Gasteiger partial charge in [0.05, 0.1) is 23.4 Å². The molecule has 4 unspecified atom stereocenters. The maximum Gasteiger partial charge on any atom is 0.0983 e. The minimum absolute atomic E-state index is 0.296. The van der Waals surface area contributed by atoms with Crippen LogP contribution >= 0.6 is 0 Å². The molecule has 104 valence electrons. The van der Waals surface area contributed by atoms with Crippen LogP contribution in [0.2, 0.25) is 0 Å². The molecule has 0 saturated heterocycles. The van der Waals surface area contributed by atoms with E-state index in [1.54, 1.807) is 6.92 Å². The molecule has 2 rings (SSSR count). The highest BCUT2D eigenvalue weighted by atomic mass is 16.3. The molecule has 0 aromatic heterocycles. The normalized spacial score (nSPS) is 45.3. The lowest BCUT2D eigenvalue weighted by Gasteiger charge is -2.54. The average Bonchev–Trinajstić information content (AvgIpc) is 2.23. The second-order valence-electron chi connectivity index (χ2n) is 6.92. The Morgan fingerprint density at radius 2 is 1.83 bits per heavy atom. The van der Waals surface area contributed by atoms with Crippen molar-refractivity contribution in [3.8, 4) is 0 Å². The van der Waals surface area contributed by atoms with Gasteiger partial charge in [-0.15, -0.1) is 0 Å². The second-order valence-corrected chi connectivity index (χ2v) is 6.92. The highest BCUT2D eigenvalue weighted by molar-refractivity contribution is 5.25. The predicted octanol–water partition coefficient (Wildman–Crippen LogP) is 2.78. The Morgan fingerprint density at radius 1 is 1.22 bits per heavy atom. The van der Waals surface area contributed by atoms with E-state index in [1.165, 1.54) is 0 Å². The first-order valence-corrected chi connectivity index (χ1v) is 7.02. The lowest BCUT2D eigenvalue weighted by atomic mass is 9.54. The molecule has 3 heteroatoms. The summed E-state index contributed by atoms with van der Waals surface area (Å²) < 4.78 is 0. The largest absolute Gasteiger partial charge is 0.512 e. The number of rotatable bonds is 1. The standard InChI is InChI=1S/C15H26O3/c1-9(2)10-5-7-14(3)11(16)6-8-15(4,18)13(14)12(10)17/h9,11,13,16-18H,5-8H2,1-4H3. The van der Waals surface area contributed by atoms with E-state index in [1.807, 2.05) is 6.92 Å². The van der Waals surface area contributed by atoms with Gasteiger partial charge in [0.15, 0.2) is 0 Å². The van der Waals surface area contributed by atoms with Crippen LogP contribution in [0.4, 0.5) is 0 Å². The quantitative estimate of drug-likeness (QED) is 0.674. The average molecular weight is 254 g/mol.